The molecular formula is C14H16ClN3O. The highest BCUT2D eigenvalue weighted by Crippen LogP contribution is 2.45. The van der Waals surface area contributed by atoms with E-state index < -0.39 is 0 Å². The van der Waals surface area contributed by atoms with E-state index in [2.05, 4.69) is 9.67 Å². The van der Waals surface area contributed by atoms with Crippen LogP contribution >= 0.6 is 11.6 Å². The molecule has 0 atom stereocenters. The van der Waals surface area contributed by atoms with Crippen LogP contribution in [0.25, 0.3) is 11.0 Å². The van der Waals surface area contributed by atoms with Crippen molar-refractivity contribution in [2.75, 3.05) is 6.61 Å². The number of aliphatic hydroxyl groups excluding tert-OH is 1. The summed E-state index contributed by atoms with van der Waals surface area (Å²) >= 11 is 6.07. The van der Waals surface area contributed by atoms with Gasteiger partial charge in [0.15, 0.2) is 5.65 Å². The smallest absolute Gasteiger partial charge is 0.158 e. The minimum Gasteiger partial charge on any atom is -0.396 e. The van der Waals surface area contributed by atoms with Crippen LogP contribution in [-0.4, -0.2) is 26.5 Å². The Bertz CT molecular complexity index is 629. The molecule has 2 fully saturated rings. The summed E-state index contributed by atoms with van der Waals surface area (Å²) in [6, 6.07) is 2.38. The number of nitrogens with zero attached hydrogens (tertiary/aromatic N) is 3. The first-order valence-corrected chi connectivity index (χ1v) is 7.28. The molecule has 4 rings (SSSR count). The minimum atomic E-state index is 0.282. The first-order chi connectivity index (χ1) is 9.26. The van der Waals surface area contributed by atoms with Gasteiger partial charge in [-0.2, -0.15) is 5.10 Å². The van der Waals surface area contributed by atoms with Crippen molar-refractivity contribution in [2.24, 2.45) is 5.92 Å². The SMILES string of the molecule is OCC1CC(n2nc(C3CC3)c3cc(Cl)cnc32)C1. The number of halogens is 1. The van der Waals surface area contributed by atoms with E-state index in [1.807, 2.05) is 6.07 Å². The molecule has 4 nitrogen and oxygen atoms in total. The second-order valence-corrected chi connectivity index (χ2v) is 6.24. The monoisotopic (exact) mass is 277 g/mol. The summed E-state index contributed by atoms with van der Waals surface area (Å²) in [5, 5.41) is 15.7. The number of pyridine rings is 1. The van der Waals surface area contributed by atoms with Crippen LogP contribution < -0.4 is 0 Å². The third-order valence-corrected chi connectivity index (χ3v) is 4.53. The van der Waals surface area contributed by atoms with Crippen molar-refractivity contribution >= 4 is 22.6 Å². The summed E-state index contributed by atoms with van der Waals surface area (Å²) in [5.74, 6) is 1.03. The lowest BCUT2D eigenvalue weighted by Gasteiger charge is -2.34. The molecule has 2 aliphatic carbocycles. The molecule has 0 bridgehead atoms. The van der Waals surface area contributed by atoms with Crippen molar-refractivity contribution in [3.8, 4) is 0 Å². The zero-order chi connectivity index (χ0) is 13.0. The largest absolute Gasteiger partial charge is 0.396 e. The highest BCUT2D eigenvalue weighted by Gasteiger charge is 2.35. The molecule has 0 aliphatic heterocycles. The second-order valence-electron chi connectivity index (χ2n) is 5.80. The maximum atomic E-state index is 9.14. The minimum absolute atomic E-state index is 0.282. The topological polar surface area (TPSA) is 50.9 Å². The summed E-state index contributed by atoms with van der Waals surface area (Å²) in [4.78, 5) is 4.47. The van der Waals surface area contributed by atoms with Gasteiger partial charge in [-0.25, -0.2) is 9.67 Å². The summed E-state index contributed by atoms with van der Waals surface area (Å²) in [5.41, 5.74) is 2.12. The molecule has 0 amide bonds. The van der Waals surface area contributed by atoms with Gasteiger partial charge in [-0.15, -0.1) is 0 Å². The molecule has 0 spiro atoms. The molecule has 1 N–H and O–H groups in total. The van der Waals surface area contributed by atoms with Crippen LogP contribution in [0.4, 0.5) is 0 Å². The van der Waals surface area contributed by atoms with E-state index in [1.54, 1.807) is 6.20 Å². The highest BCUT2D eigenvalue weighted by atomic mass is 35.5. The fraction of sp³-hybridized carbons (Fsp3) is 0.571. The molecule has 2 heterocycles. The van der Waals surface area contributed by atoms with Gasteiger partial charge in [-0.05, 0) is 37.7 Å². The van der Waals surface area contributed by atoms with E-state index >= 15 is 0 Å². The van der Waals surface area contributed by atoms with Gasteiger partial charge < -0.3 is 5.11 Å². The molecule has 2 saturated carbocycles. The zero-order valence-corrected chi connectivity index (χ0v) is 11.3. The van der Waals surface area contributed by atoms with Crippen LogP contribution in [-0.2, 0) is 0 Å². The Morgan fingerprint density at radius 2 is 2.16 bits per heavy atom. The lowest BCUT2D eigenvalue weighted by atomic mass is 9.81. The van der Waals surface area contributed by atoms with Gasteiger partial charge in [0.05, 0.1) is 16.8 Å². The Morgan fingerprint density at radius 3 is 2.84 bits per heavy atom. The van der Waals surface area contributed by atoms with Crippen LogP contribution in [0.5, 0.6) is 0 Å². The van der Waals surface area contributed by atoms with Crippen LogP contribution in [0, 0.1) is 5.92 Å². The van der Waals surface area contributed by atoms with Crippen LogP contribution in [0.3, 0.4) is 0 Å². The van der Waals surface area contributed by atoms with Gasteiger partial charge >= 0.3 is 0 Å². The van der Waals surface area contributed by atoms with Crippen molar-refractivity contribution in [3.05, 3.63) is 23.0 Å². The van der Waals surface area contributed by atoms with Crippen LogP contribution in [0.2, 0.25) is 5.02 Å². The number of fused-ring (bicyclic) bond motifs is 1. The van der Waals surface area contributed by atoms with Crippen molar-refractivity contribution in [1.29, 1.82) is 0 Å². The number of aromatic nitrogens is 3. The van der Waals surface area contributed by atoms with Crippen molar-refractivity contribution in [2.45, 2.75) is 37.6 Å². The van der Waals surface area contributed by atoms with Gasteiger partial charge in [0, 0.05) is 24.1 Å². The maximum absolute atomic E-state index is 9.14. The number of rotatable bonds is 3. The molecular weight excluding hydrogens is 262 g/mol. The molecule has 0 unspecified atom stereocenters. The molecule has 5 heteroatoms. The quantitative estimate of drug-likeness (QED) is 0.938. The predicted octanol–water partition coefficient (Wildman–Crippen LogP) is 2.91. The second kappa shape index (κ2) is 4.18. The van der Waals surface area contributed by atoms with Crippen LogP contribution in [0.1, 0.15) is 43.3 Å². The Labute approximate surface area is 116 Å². The number of hydrogen-bond donors (Lipinski definition) is 1. The van der Waals surface area contributed by atoms with E-state index in [-0.39, 0.29) is 6.61 Å². The Morgan fingerprint density at radius 1 is 1.37 bits per heavy atom. The summed E-state index contributed by atoms with van der Waals surface area (Å²) in [6.07, 6.45) is 6.15. The van der Waals surface area contributed by atoms with E-state index in [0.29, 0.717) is 22.9 Å². The van der Waals surface area contributed by atoms with Crippen molar-refractivity contribution < 1.29 is 5.11 Å². The molecule has 2 aliphatic rings. The van der Waals surface area contributed by atoms with E-state index in [9.17, 15) is 0 Å². The Balaban J connectivity index is 1.78. The standard InChI is InChI=1S/C14H16ClN3O/c15-10-5-12-13(9-1-2-9)17-18(14(12)16-6-10)11-3-8(4-11)7-19/h5-6,8-9,11,19H,1-4,7H2. The van der Waals surface area contributed by atoms with Gasteiger partial charge in [0.1, 0.15) is 0 Å². The van der Waals surface area contributed by atoms with Gasteiger partial charge in [0.25, 0.3) is 0 Å². The molecule has 19 heavy (non-hydrogen) atoms. The first kappa shape index (κ1) is 11.7. The normalized spacial score (nSPS) is 26.6. The van der Waals surface area contributed by atoms with E-state index in [0.717, 1.165) is 29.6 Å². The molecule has 2 aromatic heterocycles. The molecule has 0 aromatic carbocycles. The molecule has 0 radical (unpaired) electrons. The summed E-state index contributed by atoms with van der Waals surface area (Å²) in [7, 11) is 0. The highest BCUT2D eigenvalue weighted by molar-refractivity contribution is 6.31. The third-order valence-electron chi connectivity index (χ3n) is 4.32. The Kier molecular flexibility index (Phi) is 2.57. The van der Waals surface area contributed by atoms with Gasteiger partial charge in [0.2, 0.25) is 0 Å². The average molecular weight is 278 g/mol. The fourth-order valence-electron chi connectivity index (χ4n) is 2.98. The average Bonchev–Trinajstić information content (AvgIpc) is 3.12. The lowest BCUT2D eigenvalue weighted by molar-refractivity contribution is 0.107. The third kappa shape index (κ3) is 1.85. The van der Waals surface area contributed by atoms with Gasteiger partial charge in [-0.1, -0.05) is 11.6 Å². The van der Waals surface area contributed by atoms with Crippen LogP contribution in [0.15, 0.2) is 12.3 Å². The zero-order valence-electron chi connectivity index (χ0n) is 10.6. The van der Waals surface area contributed by atoms with Crippen molar-refractivity contribution in [1.82, 2.24) is 14.8 Å². The fourth-order valence-corrected chi connectivity index (χ4v) is 3.14. The number of aliphatic hydroxyl groups is 1. The lowest BCUT2D eigenvalue weighted by Crippen LogP contribution is -2.29. The molecule has 100 valence electrons. The van der Waals surface area contributed by atoms with Crippen molar-refractivity contribution in [3.63, 3.8) is 0 Å². The molecule has 2 aromatic rings. The van der Waals surface area contributed by atoms with E-state index in [4.69, 9.17) is 21.8 Å². The summed E-state index contributed by atoms with van der Waals surface area (Å²) in [6.45, 7) is 0.282. The first-order valence-electron chi connectivity index (χ1n) is 6.90. The number of hydrogen-bond acceptors (Lipinski definition) is 3. The van der Waals surface area contributed by atoms with Gasteiger partial charge in [-0.3, -0.25) is 0 Å². The predicted molar refractivity (Wildman–Crippen MR) is 73.4 cm³/mol. The maximum Gasteiger partial charge on any atom is 0.158 e. The Hall–Kier alpha value is -1.13. The van der Waals surface area contributed by atoms with E-state index in [1.165, 1.54) is 12.8 Å². The molecule has 0 saturated heterocycles. The summed E-state index contributed by atoms with van der Waals surface area (Å²) < 4.78 is 2.06.